The highest BCUT2D eigenvalue weighted by atomic mass is 16.5. The van der Waals surface area contributed by atoms with E-state index >= 15 is 0 Å². The molecule has 2 unspecified atom stereocenters. The summed E-state index contributed by atoms with van der Waals surface area (Å²) in [5.41, 5.74) is 0. The Morgan fingerprint density at radius 3 is 1.06 bits per heavy atom. The molecule has 0 aromatic heterocycles. The molecule has 0 aliphatic carbocycles. The highest BCUT2D eigenvalue weighted by molar-refractivity contribution is 5.82. The predicted octanol–water partition coefficient (Wildman–Crippen LogP) is 13.2. The smallest absolute Gasteiger partial charge is 0.161 e. The Balaban J connectivity index is 4.36. The predicted molar refractivity (Wildman–Crippen MR) is 233 cm³/mol. The van der Waals surface area contributed by atoms with Crippen molar-refractivity contribution in [3.8, 4) is 0 Å². The lowest BCUT2D eigenvalue weighted by Crippen LogP contribution is -2.27. The largest absolute Gasteiger partial charge is 0.396 e. The summed E-state index contributed by atoms with van der Waals surface area (Å²) < 4.78 is 11.8. The van der Waals surface area contributed by atoms with E-state index in [-0.39, 0.29) is 31.7 Å². The fourth-order valence-corrected chi connectivity index (χ4v) is 7.71. The molecule has 54 heavy (non-hydrogen) atoms. The van der Waals surface area contributed by atoms with Gasteiger partial charge in [0, 0.05) is 31.7 Å². The van der Waals surface area contributed by atoms with Crippen molar-refractivity contribution < 1.29 is 24.2 Å². The van der Waals surface area contributed by atoms with Crippen molar-refractivity contribution in [2.24, 2.45) is 11.8 Å². The minimum atomic E-state index is 0.187. The van der Waals surface area contributed by atoms with Crippen LogP contribution in [0.4, 0.5) is 0 Å². The van der Waals surface area contributed by atoms with Crippen molar-refractivity contribution in [1.82, 2.24) is 4.90 Å². The first-order valence-electron chi connectivity index (χ1n) is 24.1. The van der Waals surface area contributed by atoms with Gasteiger partial charge in [-0.15, -0.1) is 0 Å². The van der Waals surface area contributed by atoms with Crippen molar-refractivity contribution in [3.05, 3.63) is 0 Å². The molecule has 1 N–H and O–H groups in total. The zero-order valence-electron chi connectivity index (χ0n) is 37.0. The second-order valence-electron chi connectivity index (χ2n) is 16.6. The fourth-order valence-electron chi connectivity index (χ4n) is 7.71. The SMILES string of the molecule is CCCCCCCCC(CCCCCC)C(=O)COCCCCCN(CCCCO)CCCCCOCC(=O)C(CCCCCC)CCCCCCCC. The van der Waals surface area contributed by atoms with Gasteiger partial charge in [0.2, 0.25) is 0 Å². The summed E-state index contributed by atoms with van der Waals surface area (Å²) in [5, 5.41) is 9.32. The number of ketones is 2. The van der Waals surface area contributed by atoms with Gasteiger partial charge >= 0.3 is 0 Å². The van der Waals surface area contributed by atoms with Crippen molar-refractivity contribution in [2.75, 3.05) is 52.7 Å². The number of hydrogen-bond donors (Lipinski definition) is 1. The number of hydrogen-bond acceptors (Lipinski definition) is 6. The molecule has 2 atom stereocenters. The summed E-state index contributed by atoms with van der Waals surface area (Å²) in [6.07, 6.45) is 37.7. The molecular formula is C48H95NO5. The summed E-state index contributed by atoms with van der Waals surface area (Å²) >= 11 is 0. The summed E-state index contributed by atoms with van der Waals surface area (Å²) in [6.45, 7) is 14.4. The minimum absolute atomic E-state index is 0.187. The van der Waals surface area contributed by atoms with Crippen molar-refractivity contribution in [3.63, 3.8) is 0 Å². The molecule has 0 aromatic rings. The lowest BCUT2D eigenvalue weighted by molar-refractivity contribution is -0.128. The zero-order chi connectivity index (χ0) is 39.6. The Bertz CT molecular complexity index is 718. The summed E-state index contributed by atoms with van der Waals surface area (Å²) in [5.74, 6) is 1.04. The quantitative estimate of drug-likeness (QED) is 0.0622. The van der Waals surface area contributed by atoms with E-state index in [2.05, 4.69) is 32.6 Å². The topological polar surface area (TPSA) is 76.1 Å². The minimum Gasteiger partial charge on any atom is -0.396 e. The highest BCUT2D eigenvalue weighted by Crippen LogP contribution is 2.22. The molecule has 0 saturated carbocycles. The molecule has 6 nitrogen and oxygen atoms in total. The monoisotopic (exact) mass is 766 g/mol. The van der Waals surface area contributed by atoms with Gasteiger partial charge in [-0.3, -0.25) is 9.59 Å². The van der Waals surface area contributed by atoms with Gasteiger partial charge in [-0.25, -0.2) is 0 Å². The first kappa shape index (κ1) is 53.2. The number of ether oxygens (including phenoxy) is 2. The molecule has 322 valence electrons. The van der Waals surface area contributed by atoms with Crippen molar-refractivity contribution in [1.29, 1.82) is 0 Å². The van der Waals surface area contributed by atoms with E-state index in [9.17, 15) is 14.7 Å². The van der Waals surface area contributed by atoms with Crippen LogP contribution in [-0.2, 0) is 19.1 Å². The molecular weight excluding hydrogens is 671 g/mol. The number of nitrogens with zero attached hydrogens (tertiary/aromatic N) is 1. The Morgan fingerprint density at radius 1 is 0.407 bits per heavy atom. The summed E-state index contributed by atoms with van der Waals surface area (Å²) in [6, 6.07) is 0. The van der Waals surface area contributed by atoms with Gasteiger partial charge in [-0.1, -0.05) is 156 Å². The number of unbranched alkanes of at least 4 members (excludes halogenated alkanes) is 21. The van der Waals surface area contributed by atoms with Crippen LogP contribution < -0.4 is 0 Å². The first-order chi connectivity index (χ1) is 26.5. The third kappa shape index (κ3) is 35.6. The number of aliphatic hydroxyl groups excluding tert-OH is 1. The molecule has 0 amide bonds. The standard InChI is InChI=1S/C48H95NO5/c1-5-9-13-17-19-25-35-45(33-23-15-11-7-3)47(51)43-53-41-31-21-27-37-49(39-29-30-40-50)38-28-22-32-42-54-44-48(52)46(34-24-16-12-8-4)36-26-20-18-14-10-6-2/h45-46,50H,5-44H2,1-4H3. The van der Waals surface area contributed by atoms with Gasteiger partial charge in [-0.2, -0.15) is 0 Å². The van der Waals surface area contributed by atoms with Crippen LogP contribution in [-0.4, -0.2) is 74.2 Å². The molecule has 0 bridgehead atoms. The average molecular weight is 766 g/mol. The van der Waals surface area contributed by atoms with Gasteiger partial charge in [0.25, 0.3) is 0 Å². The molecule has 0 heterocycles. The molecule has 0 fully saturated rings. The summed E-state index contributed by atoms with van der Waals surface area (Å²) in [4.78, 5) is 28.7. The van der Waals surface area contributed by atoms with E-state index in [1.807, 2.05) is 0 Å². The van der Waals surface area contributed by atoms with Crippen LogP contribution in [0.15, 0.2) is 0 Å². The van der Waals surface area contributed by atoms with Crippen LogP contribution in [0.1, 0.15) is 233 Å². The van der Waals surface area contributed by atoms with Crippen LogP contribution in [0.3, 0.4) is 0 Å². The second kappa shape index (κ2) is 43.3. The van der Waals surface area contributed by atoms with Crippen LogP contribution >= 0.6 is 0 Å². The fraction of sp³-hybridized carbons (Fsp3) is 0.958. The van der Waals surface area contributed by atoms with E-state index in [1.165, 1.54) is 128 Å². The Morgan fingerprint density at radius 2 is 0.704 bits per heavy atom. The van der Waals surface area contributed by atoms with E-state index in [0.29, 0.717) is 24.8 Å². The van der Waals surface area contributed by atoms with Crippen LogP contribution in [0.2, 0.25) is 0 Å². The molecule has 6 heteroatoms. The third-order valence-corrected chi connectivity index (χ3v) is 11.4. The highest BCUT2D eigenvalue weighted by Gasteiger charge is 2.19. The number of carbonyl (C=O) groups excluding carboxylic acids is 2. The lowest BCUT2D eigenvalue weighted by atomic mass is 9.91. The van der Waals surface area contributed by atoms with Crippen molar-refractivity contribution >= 4 is 11.6 Å². The maximum absolute atomic E-state index is 13.1. The molecule has 0 aliphatic heterocycles. The maximum atomic E-state index is 13.1. The van der Waals surface area contributed by atoms with Crippen LogP contribution in [0, 0.1) is 11.8 Å². The molecule has 0 aromatic carbocycles. The van der Waals surface area contributed by atoms with Gasteiger partial charge in [0.1, 0.15) is 13.2 Å². The van der Waals surface area contributed by atoms with E-state index in [1.54, 1.807) is 0 Å². The average Bonchev–Trinajstić information content (AvgIpc) is 3.17. The maximum Gasteiger partial charge on any atom is 0.161 e. The lowest BCUT2D eigenvalue weighted by Gasteiger charge is -2.22. The van der Waals surface area contributed by atoms with Gasteiger partial charge < -0.3 is 19.5 Å². The van der Waals surface area contributed by atoms with E-state index in [0.717, 1.165) is 96.7 Å². The van der Waals surface area contributed by atoms with E-state index in [4.69, 9.17) is 9.47 Å². The molecule has 0 saturated heterocycles. The molecule has 0 rings (SSSR count). The van der Waals surface area contributed by atoms with Gasteiger partial charge in [0.15, 0.2) is 11.6 Å². The Kier molecular flexibility index (Phi) is 42.6. The van der Waals surface area contributed by atoms with E-state index < -0.39 is 0 Å². The number of rotatable bonds is 46. The Labute approximate surface area is 337 Å². The second-order valence-corrected chi connectivity index (χ2v) is 16.6. The van der Waals surface area contributed by atoms with Gasteiger partial charge in [-0.05, 0) is 96.7 Å². The number of carbonyl (C=O) groups is 2. The Hall–Kier alpha value is -0.820. The summed E-state index contributed by atoms with van der Waals surface area (Å²) in [7, 11) is 0. The molecule has 0 spiro atoms. The number of Topliss-reactive ketones (excluding diaryl/α,β-unsaturated/α-hetero) is 2. The number of aliphatic hydroxyl groups is 1. The third-order valence-electron chi connectivity index (χ3n) is 11.4. The molecule has 0 radical (unpaired) electrons. The molecule has 0 aliphatic rings. The zero-order valence-corrected chi connectivity index (χ0v) is 37.0. The normalized spacial score (nSPS) is 12.9. The van der Waals surface area contributed by atoms with Crippen LogP contribution in [0.25, 0.3) is 0 Å². The first-order valence-corrected chi connectivity index (χ1v) is 24.1. The van der Waals surface area contributed by atoms with Crippen molar-refractivity contribution in [2.45, 2.75) is 233 Å². The van der Waals surface area contributed by atoms with Gasteiger partial charge in [0.05, 0.1) is 0 Å². The van der Waals surface area contributed by atoms with Crippen LogP contribution in [0.5, 0.6) is 0 Å².